The standard InChI is InChI=1S/C8H7BN2S.C2H6.2H2/c1-4-2-6-7(3-5(4)9)11-8(12)10-6;1-2;;/h2-3H,1H3,(H2,10,11,12);1-2H3;2*1H/i;;1+1D;1+1. The molecule has 1 aromatic heterocycles. The molecule has 0 saturated carbocycles. The molecule has 2 N–H and O–H groups in total. The third-order valence-corrected chi connectivity index (χ3v) is 2.11. The summed E-state index contributed by atoms with van der Waals surface area (Å²) in [6.45, 7) is 5.97. The monoisotopic (exact) mass is 211 g/mol. The molecule has 2 radical (unpaired) electrons. The van der Waals surface area contributed by atoms with Crippen LogP contribution in [0.15, 0.2) is 12.1 Å². The van der Waals surface area contributed by atoms with Crippen molar-refractivity contribution in [3.05, 3.63) is 22.5 Å². The lowest BCUT2D eigenvalue weighted by Crippen LogP contribution is -2.05. The van der Waals surface area contributed by atoms with Crippen LogP contribution in [0.2, 0.25) is 0 Å². The Labute approximate surface area is 94.7 Å². The lowest BCUT2D eigenvalue weighted by Gasteiger charge is -1.98. The molecule has 0 spiro atoms. The minimum Gasteiger partial charge on any atom is -0.331 e. The molecule has 0 aliphatic heterocycles. The number of imidazole rings is 1. The van der Waals surface area contributed by atoms with E-state index in [1.54, 1.807) is 0 Å². The van der Waals surface area contributed by atoms with E-state index < -0.39 is 0 Å². The highest BCUT2D eigenvalue weighted by Gasteiger charge is 1.98. The van der Waals surface area contributed by atoms with E-state index in [-0.39, 0.29) is 1.43 Å². The van der Waals surface area contributed by atoms with Crippen LogP contribution in [-0.4, -0.2) is 17.8 Å². The van der Waals surface area contributed by atoms with Crippen LogP contribution in [0.4, 0.5) is 0 Å². The van der Waals surface area contributed by atoms with Gasteiger partial charge in [-0.3, -0.25) is 0 Å². The molecule has 2 aromatic rings. The van der Waals surface area contributed by atoms with Crippen molar-refractivity contribution in [2.45, 2.75) is 20.8 Å². The third-order valence-electron chi connectivity index (χ3n) is 1.90. The normalized spacial score (nSPS) is 10.2. The number of aryl methyl sites for hydroxylation is 1. The zero-order valence-electron chi connectivity index (χ0n) is 10.6. The predicted octanol–water partition coefficient (Wildman–Crippen LogP) is 2.85. The lowest BCUT2D eigenvalue weighted by molar-refractivity contribution is 1.30. The number of H-pyrrole nitrogens is 2. The highest BCUT2D eigenvalue weighted by Crippen LogP contribution is 2.09. The average molecular weight is 211 g/mol. The summed E-state index contributed by atoms with van der Waals surface area (Å²) in [5.41, 5.74) is 3.82. The molecule has 0 bridgehead atoms. The maximum atomic E-state index is 5.73. The summed E-state index contributed by atoms with van der Waals surface area (Å²) in [6.07, 6.45) is 0. The van der Waals surface area contributed by atoms with E-state index in [2.05, 4.69) is 9.97 Å². The summed E-state index contributed by atoms with van der Waals surface area (Å²) >= 11 is 4.95. The second kappa shape index (κ2) is 4.46. The molecule has 0 aliphatic rings. The fourth-order valence-corrected chi connectivity index (χ4v) is 1.43. The van der Waals surface area contributed by atoms with E-state index in [9.17, 15) is 0 Å². The Morgan fingerprint density at radius 3 is 2.36 bits per heavy atom. The Bertz CT molecular complexity index is 454. The molecule has 0 aliphatic carbocycles. The van der Waals surface area contributed by atoms with Crippen molar-refractivity contribution < 1.29 is 4.40 Å². The molecular weight excluding hydrogens is 191 g/mol. The molecule has 14 heavy (non-hydrogen) atoms. The van der Waals surface area contributed by atoms with Gasteiger partial charge < -0.3 is 9.97 Å². The molecule has 0 unspecified atom stereocenters. The topological polar surface area (TPSA) is 31.6 Å². The fourth-order valence-electron chi connectivity index (χ4n) is 1.21. The summed E-state index contributed by atoms with van der Waals surface area (Å²) in [7, 11) is 5.73. The van der Waals surface area contributed by atoms with Gasteiger partial charge in [0, 0.05) is 4.40 Å². The van der Waals surface area contributed by atoms with Crippen molar-refractivity contribution in [3.63, 3.8) is 0 Å². The van der Waals surface area contributed by atoms with Gasteiger partial charge in [-0.2, -0.15) is 0 Å². The van der Waals surface area contributed by atoms with Crippen molar-refractivity contribution in [2.24, 2.45) is 0 Å². The molecule has 1 heterocycles. The molecule has 1 aromatic carbocycles. The Morgan fingerprint density at radius 1 is 1.29 bits per heavy atom. The number of hydrogen-bond acceptors (Lipinski definition) is 1. The Kier molecular flexibility index (Phi) is 3.04. The molecule has 0 fully saturated rings. The molecule has 4 heteroatoms. The van der Waals surface area contributed by atoms with Gasteiger partial charge >= 0.3 is 0 Å². The summed E-state index contributed by atoms with van der Waals surface area (Å²) in [5.74, 6) is 0. The molecule has 0 atom stereocenters. The van der Waals surface area contributed by atoms with Gasteiger partial charge in [-0.15, -0.1) is 0 Å². The van der Waals surface area contributed by atoms with E-state index in [4.69, 9.17) is 23.0 Å². The summed E-state index contributed by atoms with van der Waals surface area (Å²) in [4.78, 5) is 6.04. The number of aromatic amines is 2. The first kappa shape index (κ1) is 9.53. The van der Waals surface area contributed by atoms with Crippen molar-refractivity contribution in [2.75, 3.05) is 0 Å². The molecule has 2 nitrogen and oxygen atoms in total. The van der Waals surface area contributed by atoms with Gasteiger partial charge in [0.25, 0.3) is 0 Å². The summed E-state index contributed by atoms with van der Waals surface area (Å²) in [6, 6.07) is 3.87. The summed E-state index contributed by atoms with van der Waals surface area (Å²) < 4.78 is 10.6. The number of rotatable bonds is 0. The highest BCUT2D eigenvalue weighted by molar-refractivity contribution is 7.71. The number of aromatic nitrogens is 2. The van der Waals surface area contributed by atoms with E-state index >= 15 is 0 Å². The maximum Gasteiger partial charge on any atom is 0.175 e. The largest absolute Gasteiger partial charge is 0.331 e. The van der Waals surface area contributed by atoms with Crippen LogP contribution in [0.3, 0.4) is 0 Å². The molecule has 76 valence electrons. The van der Waals surface area contributed by atoms with Crippen LogP contribution in [-0.2, 0) is 0 Å². The number of nitrogens with one attached hydrogen (secondary N) is 2. The van der Waals surface area contributed by atoms with Crippen molar-refractivity contribution in [1.29, 1.82) is 0 Å². The molecular formula is C10H17BN2S. The van der Waals surface area contributed by atoms with Gasteiger partial charge in [-0.1, -0.05) is 24.9 Å². The Balaban J connectivity index is 0. The predicted molar refractivity (Wildman–Crippen MR) is 69.2 cm³/mol. The van der Waals surface area contributed by atoms with Gasteiger partial charge in [0.2, 0.25) is 0 Å². The van der Waals surface area contributed by atoms with Gasteiger partial charge in [0.1, 0.15) is 7.85 Å². The minimum atomic E-state index is 0. The van der Waals surface area contributed by atoms with E-state index in [1.807, 2.05) is 32.9 Å². The minimum absolute atomic E-state index is 0. The van der Waals surface area contributed by atoms with E-state index in [1.165, 1.54) is 0 Å². The third kappa shape index (κ3) is 2.07. The number of hydrogen-bond donors (Lipinski definition) is 2. The SMILES string of the molecule is CC.[2HH].[2H][2H].[B]c1cc2[nH]c(=S)[nH]c2cc1C. The van der Waals surface area contributed by atoms with Crippen LogP contribution in [0, 0.1) is 11.7 Å². The van der Waals surface area contributed by atoms with Crippen molar-refractivity contribution in [1.82, 2.24) is 9.97 Å². The number of benzene rings is 1. The number of fused-ring (bicyclic) bond motifs is 1. The zero-order chi connectivity index (χ0) is 12.7. The first-order valence-corrected chi connectivity index (χ1v) is 5.06. The maximum absolute atomic E-state index is 5.73. The van der Waals surface area contributed by atoms with Crippen LogP contribution < -0.4 is 5.46 Å². The fraction of sp³-hybridized carbons (Fsp3) is 0.300. The van der Waals surface area contributed by atoms with Crippen LogP contribution >= 0.6 is 12.2 Å². The van der Waals surface area contributed by atoms with Gasteiger partial charge in [0.05, 0.1) is 11.0 Å². The highest BCUT2D eigenvalue weighted by atomic mass is 32.1. The first-order valence-electron chi connectivity index (χ1n) is 5.65. The molecule has 2 rings (SSSR count). The van der Waals surface area contributed by atoms with Gasteiger partial charge in [-0.25, -0.2) is 0 Å². The smallest absolute Gasteiger partial charge is 0.175 e. The van der Waals surface area contributed by atoms with E-state index in [0.29, 0.717) is 4.77 Å². The molecule has 0 amide bonds. The summed E-state index contributed by atoms with van der Waals surface area (Å²) in [5, 5.41) is 0. The van der Waals surface area contributed by atoms with Gasteiger partial charge in [-0.05, 0) is 31.3 Å². The van der Waals surface area contributed by atoms with Crippen LogP contribution in [0.25, 0.3) is 11.0 Å². The average Bonchev–Trinajstić information content (AvgIpc) is 2.64. The second-order valence-corrected chi connectivity index (χ2v) is 3.24. The Morgan fingerprint density at radius 2 is 1.79 bits per heavy atom. The zero-order valence-corrected chi connectivity index (χ0v) is 9.46. The van der Waals surface area contributed by atoms with Crippen molar-refractivity contribution in [3.8, 4) is 0 Å². The second-order valence-electron chi connectivity index (χ2n) is 2.83. The van der Waals surface area contributed by atoms with Gasteiger partial charge in [0.15, 0.2) is 4.77 Å². The lowest BCUT2D eigenvalue weighted by atomic mass is 9.91. The van der Waals surface area contributed by atoms with Crippen LogP contribution in [0.1, 0.15) is 23.8 Å². The quantitative estimate of drug-likeness (QED) is 0.509. The van der Waals surface area contributed by atoms with E-state index in [0.717, 1.165) is 22.1 Å². The molecule has 0 saturated heterocycles. The Hall–Kier alpha value is -1.03. The van der Waals surface area contributed by atoms with Crippen LogP contribution in [0.5, 0.6) is 0 Å². The van der Waals surface area contributed by atoms with Crippen molar-refractivity contribution >= 4 is 36.6 Å². The first-order chi connectivity index (χ1) is 7.66.